The smallest absolute Gasteiger partial charge is 0.164 e. The molecule has 164 valence electrons. The highest BCUT2D eigenvalue weighted by Crippen LogP contribution is 2.44. The molecule has 0 fully saturated rings. The van der Waals surface area contributed by atoms with Crippen LogP contribution in [0.3, 0.4) is 0 Å². The highest BCUT2D eigenvalue weighted by molar-refractivity contribution is 7.14. The summed E-state index contributed by atoms with van der Waals surface area (Å²) in [6.07, 6.45) is 1.45. The Morgan fingerprint density at radius 1 is 1.16 bits per heavy atom. The second kappa shape index (κ2) is 8.72. The molecular weight excluding hydrogens is 442 g/mol. The molecule has 9 heteroatoms. The van der Waals surface area contributed by atoms with E-state index < -0.39 is 0 Å². The Labute approximate surface area is 195 Å². The molecule has 0 saturated carbocycles. The molecule has 0 radical (unpaired) electrons. The van der Waals surface area contributed by atoms with Gasteiger partial charge in [-0.15, -0.1) is 11.3 Å². The van der Waals surface area contributed by atoms with Gasteiger partial charge in [-0.1, -0.05) is 44.2 Å². The number of nitrogens with zero attached hydrogens (tertiary/aromatic N) is 6. The van der Waals surface area contributed by atoms with E-state index in [1.165, 1.54) is 6.33 Å². The Morgan fingerprint density at radius 2 is 1.91 bits per heavy atom. The molecule has 1 aliphatic heterocycles. The van der Waals surface area contributed by atoms with Crippen molar-refractivity contribution >= 4 is 62.0 Å². The minimum atomic E-state index is 0.376. The third-order valence-electron chi connectivity index (χ3n) is 5.12. The van der Waals surface area contributed by atoms with E-state index in [9.17, 15) is 0 Å². The average Bonchev–Trinajstić information content (AvgIpc) is 3.31. The van der Waals surface area contributed by atoms with Gasteiger partial charge in [-0.2, -0.15) is 5.10 Å². The molecule has 7 nitrogen and oxygen atoms in total. The zero-order valence-electron chi connectivity index (χ0n) is 18.4. The van der Waals surface area contributed by atoms with Gasteiger partial charge in [0.15, 0.2) is 5.65 Å². The molecule has 1 aromatic carbocycles. The van der Waals surface area contributed by atoms with Crippen LogP contribution in [-0.4, -0.2) is 25.6 Å². The van der Waals surface area contributed by atoms with Crippen LogP contribution in [0, 0.1) is 13.8 Å². The Morgan fingerprint density at radius 3 is 2.66 bits per heavy atom. The number of para-hydroxylation sites is 1. The quantitative estimate of drug-likeness (QED) is 0.401. The van der Waals surface area contributed by atoms with Gasteiger partial charge in [0, 0.05) is 5.56 Å². The molecule has 0 atom stereocenters. The van der Waals surface area contributed by atoms with E-state index in [2.05, 4.69) is 33.9 Å². The molecule has 32 heavy (non-hydrogen) atoms. The lowest BCUT2D eigenvalue weighted by molar-refractivity contribution is 0.726. The van der Waals surface area contributed by atoms with E-state index in [1.54, 1.807) is 16.0 Å². The fraction of sp³-hybridized carbons (Fsp3) is 0.217. The molecular formula is C23H24ClN7S. The van der Waals surface area contributed by atoms with Crippen molar-refractivity contribution in [3.05, 3.63) is 64.4 Å². The average molecular weight is 466 g/mol. The zero-order valence-corrected chi connectivity index (χ0v) is 20.0. The van der Waals surface area contributed by atoms with Crippen LogP contribution in [0.25, 0.3) is 16.7 Å². The first-order valence-corrected chi connectivity index (χ1v) is 11.5. The summed E-state index contributed by atoms with van der Waals surface area (Å²) in [4.78, 5) is 15.4. The number of nitrogens with two attached hydrogens (primary N) is 1. The van der Waals surface area contributed by atoms with Gasteiger partial charge in [0.1, 0.15) is 29.5 Å². The third kappa shape index (κ3) is 3.55. The lowest BCUT2D eigenvalue weighted by Crippen LogP contribution is -2.35. The van der Waals surface area contributed by atoms with Gasteiger partial charge < -0.3 is 5.73 Å². The van der Waals surface area contributed by atoms with Gasteiger partial charge in [-0.25, -0.2) is 19.6 Å². The monoisotopic (exact) mass is 465 g/mol. The van der Waals surface area contributed by atoms with Crippen LogP contribution in [0.5, 0.6) is 0 Å². The first kappa shape index (κ1) is 22.0. The van der Waals surface area contributed by atoms with E-state index in [0.717, 1.165) is 44.4 Å². The third-order valence-corrected chi connectivity index (χ3v) is 6.43. The van der Waals surface area contributed by atoms with Crippen molar-refractivity contribution in [1.29, 1.82) is 0 Å². The van der Waals surface area contributed by atoms with Crippen LogP contribution in [0.1, 0.15) is 30.7 Å². The van der Waals surface area contributed by atoms with Crippen LogP contribution < -0.4 is 10.6 Å². The number of thiophene rings is 1. The van der Waals surface area contributed by atoms with Crippen molar-refractivity contribution < 1.29 is 0 Å². The van der Waals surface area contributed by atoms with Crippen LogP contribution in [0.4, 0.5) is 16.5 Å². The van der Waals surface area contributed by atoms with E-state index >= 15 is 0 Å². The summed E-state index contributed by atoms with van der Waals surface area (Å²) in [5, 5.41) is 9.04. The SMILES string of the molecule is C=C1c2c(C)csc2N=C(Cn2nc(C)c3c(N)ncnc32)N1c1ccccc1Cl.CC. The Balaban J connectivity index is 0.00000119. The van der Waals surface area contributed by atoms with Crippen molar-refractivity contribution in [2.45, 2.75) is 34.2 Å². The Bertz CT molecular complexity index is 1350. The summed E-state index contributed by atoms with van der Waals surface area (Å²) in [5.41, 5.74) is 11.3. The molecule has 0 bridgehead atoms. The van der Waals surface area contributed by atoms with E-state index in [-0.39, 0.29) is 0 Å². The number of nitrogen functional groups attached to an aromatic ring is 1. The molecule has 2 N–H and O–H groups in total. The number of anilines is 2. The maximum atomic E-state index is 6.56. The summed E-state index contributed by atoms with van der Waals surface area (Å²) in [5.74, 6) is 1.17. The molecule has 3 aromatic heterocycles. The molecule has 1 aliphatic rings. The standard InChI is InChI=1S/C21H18ClN7S.C2H6/c1-11-9-30-21-17(11)13(3)29(15-7-5-4-6-14(15)22)16(26-21)8-28-20-18(12(2)27-28)19(23)24-10-25-20;1-2/h4-7,9-10H,3,8H2,1-2H3,(H2,23,24,25);1-2H3. The molecule has 0 amide bonds. The summed E-state index contributed by atoms with van der Waals surface area (Å²) in [7, 11) is 0. The van der Waals surface area contributed by atoms with E-state index in [0.29, 0.717) is 23.0 Å². The van der Waals surface area contributed by atoms with Crippen molar-refractivity contribution in [3.8, 4) is 0 Å². The van der Waals surface area contributed by atoms with Crippen molar-refractivity contribution in [3.63, 3.8) is 0 Å². The predicted octanol–water partition coefficient (Wildman–Crippen LogP) is 5.99. The predicted molar refractivity (Wildman–Crippen MR) is 135 cm³/mol. The zero-order chi connectivity index (χ0) is 23.0. The highest BCUT2D eigenvalue weighted by Gasteiger charge is 2.29. The fourth-order valence-electron chi connectivity index (χ4n) is 3.78. The first-order valence-electron chi connectivity index (χ1n) is 10.3. The number of hydrogen-bond donors (Lipinski definition) is 1. The van der Waals surface area contributed by atoms with E-state index in [4.69, 9.17) is 22.3 Å². The first-order chi connectivity index (χ1) is 15.5. The number of aliphatic imine (C=N–C) groups is 1. The fourth-order valence-corrected chi connectivity index (χ4v) is 4.96. The van der Waals surface area contributed by atoms with Gasteiger partial charge in [0.25, 0.3) is 0 Å². The second-order valence-corrected chi connectivity index (χ2v) is 8.33. The Hall–Kier alpha value is -3.23. The van der Waals surface area contributed by atoms with Crippen LogP contribution in [0.15, 0.2) is 47.5 Å². The molecule has 0 aliphatic carbocycles. The van der Waals surface area contributed by atoms with Gasteiger partial charge in [0.2, 0.25) is 0 Å². The second-order valence-electron chi connectivity index (χ2n) is 7.06. The van der Waals surface area contributed by atoms with Crippen LogP contribution in [0.2, 0.25) is 5.02 Å². The van der Waals surface area contributed by atoms with Gasteiger partial charge in [-0.05, 0) is 36.9 Å². The summed E-state index contributed by atoms with van der Waals surface area (Å²) in [6.45, 7) is 12.7. The van der Waals surface area contributed by atoms with Gasteiger partial charge in [0.05, 0.1) is 27.5 Å². The lowest BCUT2D eigenvalue weighted by Gasteiger charge is -2.32. The Kier molecular flexibility index (Phi) is 5.99. The number of fused-ring (bicyclic) bond motifs is 2. The number of hydrogen-bond acceptors (Lipinski definition) is 7. The van der Waals surface area contributed by atoms with Crippen molar-refractivity contribution in [2.75, 3.05) is 10.6 Å². The summed E-state index contributed by atoms with van der Waals surface area (Å²) >= 11 is 8.16. The topological polar surface area (TPSA) is 85.2 Å². The number of amidine groups is 1. The number of aryl methyl sites for hydroxylation is 2. The number of rotatable bonds is 3. The minimum Gasteiger partial charge on any atom is -0.383 e. The maximum absolute atomic E-state index is 6.56. The number of benzene rings is 1. The molecule has 0 saturated heterocycles. The van der Waals surface area contributed by atoms with Crippen LogP contribution in [-0.2, 0) is 6.54 Å². The normalized spacial score (nSPS) is 13.0. The molecule has 0 spiro atoms. The highest BCUT2D eigenvalue weighted by atomic mass is 35.5. The number of halogens is 1. The molecule has 5 rings (SSSR count). The minimum absolute atomic E-state index is 0.376. The van der Waals surface area contributed by atoms with E-state index in [1.807, 2.05) is 49.9 Å². The van der Waals surface area contributed by atoms with Crippen molar-refractivity contribution in [2.24, 2.45) is 4.99 Å². The molecule has 4 aromatic rings. The number of aromatic nitrogens is 4. The van der Waals surface area contributed by atoms with Crippen molar-refractivity contribution in [1.82, 2.24) is 19.7 Å². The lowest BCUT2D eigenvalue weighted by atomic mass is 10.1. The molecule has 4 heterocycles. The van der Waals surface area contributed by atoms with Crippen LogP contribution >= 0.6 is 22.9 Å². The van der Waals surface area contributed by atoms with Gasteiger partial charge in [-0.3, -0.25) is 4.90 Å². The summed E-state index contributed by atoms with van der Waals surface area (Å²) < 4.78 is 1.80. The molecule has 0 unspecified atom stereocenters. The largest absolute Gasteiger partial charge is 0.383 e. The maximum Gasteiger partial charge on any atom is 0.164 e. The summed E-state index contributed by atoms with van der Waals surface area (Å²) in [6, 6.07) is 7.67. The van der Waals surface area contributed by atoms with Gasteiger partial charge >= 0.3 is 0 Å².